The third kappa shape index (κ3) is 5.56. The first-order valence-corrected chi connectivity index (χ1v) is 5.77. The van der Waals surface area contributed by atoms with Crippen molar-refractivity contribution < 1.29 is 20.1 Å². The molecule has 1 heterocycles. The molecule has 0 bridgehead atoms. The zero-order valence-electron chi connectivity index (χ0n) is 10.3. The van der Waals surface area contributed by atoms with E-state index in [1.54, 1.807) is 18.5 Å². The number of hydrogen-bond acceptors (Lipinski definition) is 2. The normalized spacial score (nSPS) is 8.63. The van der Waals surface area contributed by atoms with Crippen LogP contribution in [-0.2, 0) is 20.1 Å². The minimum Gasteiger partial charge on any atom is -0.245 e. The molecule has 0 unspecified atom stereocenters. The van der Waals surface area contributed by atoms with Crippen LogP contribution in [0.5, 0.6) is 0 Å². The Hall–Kier alpha value is -1.83. The minimum atomic E-state index is 0. The maximum atomic E-state index is 3.67. The fourth-order valence-electron chi connectivity index (χ4n) is 1.51. The Morgan fingerprint density at radius 2 is 0.947 bits per heavy atom. The number of hydrogen-bond donors (Lipinski definition) is 0. The summed E-state index contributed by atoms with van der Waals surface area (Å²) in [4.78, 5) is 7.35. The summed E-state index contributed by atoms with van der Waals surface area (Å²) in [5.74, 6) is 0. The summed E-state index contributed by atoms with van der Waals surface area (Å²) >= 11 is 0. The second-order valence-electron chi connectivity index (χ2n) is 3.64. The standard InChI is InChI=1S/C12H10.C4H4N2.Ir/c1-3-7-11(8-4-1)12-9-5-2-6-10-12;1-2-5-4-6-3-1;/h1-10H;1-4H;. The third-order valence-electron chi connectivity index (χ3n) is 2.36. The summed E-state index contributed by atoms with van der Waals surface area (Å²) in [7, 11) is 0. The van der Waals surface area contributed by atoms with Crippen molar-refractivity contribution in [3.63, 3.8) is 0 Å². The number of nitrogens with zero attached hydrogens (tertiary/aromatic N) is 2. The van der Waals surface area contributed by atoms with E-state index in [0.29, 0.717) is 0 Å². The molecule has 97 valence electrons. The van der Waals surface area contributed by atoms with Gasteiger partial charge < -0.3 is 0 Å². The van der Waals surface area contributed by atoms with Crippen molar-refractivity contribution in [2.75, 3.05) is 0 Å². The fourth-order valence-corrected chi connectivity index (χ4v) is 1.51. The molecule has 0 aliphatic rings. The molecule has 0 spiro atoms. The molecule has 0 aliphatic carbocycles. The molecule has 3 aromatic rings. The molecule has 19 heavy (non-hydrogen) atoms. The minimum absolute atomic E-state index is 0. The van der Waals surface area contributed by atoms with Crippen LogP contribution in [-0.4, -0.2) is 9.97 Å². The average Bonchev–Trinajstić information content (AvgIpc) is 2.51. The van der Waals surface area contributed by atoms with Crippen LogP contribution in [0.15, 0.2) is 85.5 Å². The first-order chi connectivity index (χ1) is 8.97. The summed E-state index contributed by atoms with van der Waals surface area (Å²) in [5, 5.41) is 0. The van der Waals surface area contributed by atoms with E-state index in [1.807, 2.05) is 12.1 Å². The van der Waals surface area contributed by atoms with Crippen molar-refractivity contribution in [1.29, 1.82) is 0 Å². The van der Waals surface area contributed by atoms with E-state index >= 15 is 0 Å². The SMILES string of the molecule is [Ir].c1ccc(-c2ccccc2)cc1.c1cncnc1. The predicted molar refractivity (Wildman–Crippen MR) is 73.9 cm³/mol. The topological polar surface area (TPSA) is 25.8 Å². The van der Waals surface area contributed by atoms with Gasteiger partial charge in [0.1, 0.15) is 6.33 Å². The third-order valence-corrected chi connectivity index (χ3v) is 2.36. The van der Waals surface area contributed by atoms with E-state index in [9.17, 15) is 0 Å². The van der Waals surface area contributed by atoms with Crippen LogP contribution >= 0.6 is 0 Å². The summed E-state index contributed by atoms with van der Waals surface area (Å²) < 4.78 is 0. The van der Waals surface area contributed by atoms with Gasteiger partial charge >= 0.3 is 0 Å². The molecule has 1 radical (unpaired) electrons. The van der Waals surface area contributed by atoms with E-state index in [2.05, 4.69) is 58.5 Å². The van der Waals surface area contributed by atoms with Gasteiger partial charge in [-0.2, -0.15) is 0 Å². The van der Waals surface area contributed by atoms with Crippen molar-refractivity contribution in [3.8, 4) is 11.1 Å². The van der Waals surface area contributed by atoms with E-state index in [0.717, 1.165) is 0 Å². The molecule has 0 saturated carbocycles. The zero-order chi connectivity index (χ0) is 12.5. The first-order valence-electron chi connectivity index (χ1n) is 5.77. The van der Waals surface area contributed by atoms with Gasteiger partial charge in [-0.3, -0.25) is 0 Å². The van der Waals surface area contributed by atoms with Crippen molar-refractivity contribution in [1.82, 2.24) is 9.97 Å². The van der Waals surface area contributed by atoms with Gasteiger partial charge in [0.2, 0.25) is 0 Å². The van der Waals surface area contributed by atoms with Crippen LogP contribution in [0.1, 0.15) is 0 Å². The van der Waals surface area contributed by atoms with Gasteiger partial charge in [0.25, 0.3) is 0 Å². The van der Waals surface area contributed by atoms with Gasteiger partial charge in [0.05, 0.1) is 0 Å². The second-order valence-corrected chi connectivity index (χ2v) is 3.64. The van der Waals surface area contributed by atoms with E-state index in [4.69, 9.17) is 0 Å². The molecule has 1 aromatic heterocycles. The zero-order valence-corrected chi connectivity index (χ0v) is 12.7. The Kier molecular flexibility index (Phi) is 7.33. The Labute approximate surface area is 126 Å². The largest absolute Gasteiger partial charge is 0.245 e. The van der Waals surface area contributed by atoms with E-state index in [1.165, 1.54) is 17.5 Å². The van der Waals surface area contributed by atoms with Gasteiger partial charge in [-0.25, -0.2) is 9.97 Å². The molecule has 3 heteroatoms. The van der Waals surface area contributed by atoms with E-state index < -0.39 is 0 Å². The fraction of sp³-hybridized carbons (Fsp3) is 0. The van der Waals surface area contributed by atoms with E-state index in [-0.39, 0.29) is 20.1 Å². The van der Waals surface area contributed by atoms with Crippen molar-refractivity contribution >= 4 is 0 Å². The first kappa shape index (κ1) is 15.2. The van der Waals surface area contributed by atoms with Crippen molar-refractivity contribution in [2.45, 2.75) is 0 Å². The van der Waals surface area contributed by atoms with Gasteiger partial charge in [-0.1, -0.05) is 60.7 Å². The van der Waals surface area contributed by atoms with Gasteiger partial charge in [-0.05, 0) is 17.2 Å². The van der Waals surface area contributed by atoms with Crippen LogP contribution in [0, 0.1) is 0 Å². The van der Waals surface area contributed by atoms with Crippen LogP contribution in [0.25, 0.3) is 11.1 Å². The summed E-state index contributed by atoms with van der Waals surface area (Å²) in [5.41, 5.74) is 2.55. The van der Waals surface area contributed by atoms with Crippen LogP contribution in [0.3, 0.4) is 0 Å². The smallest absolute Gasteiger partial charge is 0.115 e. The predicted octanol–water partition coefficient (Wildman–Crippen LogP) is 3.83. The molecule has 0 fully saturated rings. The molecular formula is C16H14IrN2. The van der Waals surface area contributed by atoms with Crippen LogP contribution in [0.2, 0.25) is 0 Å². The van der Waals surface area contributed by atoms with Crippen LogP contribution < -0.4 is 0 Å². The summed E-state index contributed by atoms with van der Waals surface area (Å²) in [6.07, 6.45) is 4.88. The monoisotopic (exact) mass is 427 g/mol. The Morgan fingerprint density at radius 3 is 1.21 bits per heavy atom. The Bertz CT molecular complexity index is 477. The molecular weight excluding hydrogens is 412 g/mol. The Morgan fingerprint density at radius 1 is 0.526 bits per heavy atom. The molecule has 2 aromatic carbocycles. The molecule has 0 saturated heterocycles. The maximum Gasteiger partial charge on any atom is 0.115 e. The molecule has 0 atom stereocenters. The average molecular weight is 427 g/mol. The van der Waals surface area contributed by atoms with Gasteiger partial charge in [-0.15, -0.1) is 0 Å². The molecule has 0 N–H and O–H groups in total. The number of rotatable bonds is 1. The summed E-state index contributed by atoms with van der Waals surface area (Å²) in [6.45, 7) is 0. The van der Waals surface area contributed by atoms with Gasteiger partial charge in [0, 0.05) is 32.5 Å². The Balaban J connectivity index is 0.000000220. The van der Waals surface area contributed by atoms with Crippen molar-refractivity contribution in [3.05, 3.63) is 85.5 Å². The second kappa shape index (κ2) is 9.15. The number of benzene rings is 2. The molecule has 0 amide bonds. The molecule has 3 rings (SSSR count). The van der Waals surface area contributed by atoms with Crippen LogP contribution in [0.4, 0.5) is 0 Å². The number of aromatic nitrogens is 2. The summed E-state index contributed by atoms with van der Waals surface area (Å²) in [6, 6.07) is 22.6. The van der Waals surface area contributed by atoms with Crippen molar-refractivity contribution in [2.24, 2.45) is 0 Å². The maximum absolute atomic E-state index is 3.67. The van der Waals surface area contributed by atoms with Gasteiger partial charge in [0.15, 0.2) is 0 Å². The molecule has 0 aliphatic heterocycles. The molecule has 2 nitrogen and oxygen atoms in total. The quantitative estimate of drug-likeness (QED) is 0.591.